The number of anilines is 1. The molecule has 0 radical (unpaired) electrons. The lowest BCUT2D eigenvalue weighted by Crippen LogP contribution is -2.29. The maximum absolute atomic E-state index is 6.48. The first kappa shape index (κ1) is 14.6. The molecule has 1 N–H and O–H groups in total. The van der Waals surface area contributed by atoms with E-state index in [1.165, 1.54) is 11.1 Å². The van der Waals surface area contributed by atoms with Crippen LogP contribution in [0.15, 0.2) is 54.6 Å². The van der Waals surface area contributed by atoms with Gasteiger partial charge in [-0.1, -0.05) is 54.1 Å². The molecule has 1 heterocycles. The van der Waals surface area contributed by atoms with Crippen LogP contribution in [0.1, 0.15) is 36.4 Å². The molecular weight excluding hydrogens is 306 g/mol. The van der Waals surface area contributed by atoms with Gasteiger partial charge in [-0.2, -0.15) is 0 Å². The highest BCUT2D eigenvalue weighted by Gasteiger charge is 2.39. The number of hydrogen-bond acceptors (Lipinski definition) is 2. The second-order valence-corrected chi connectivity index (χ2v) is 6.56. The predicted molar refractivity (Wildman–Crippen MR) is 95.4 cm³/mol. The van der Waals surface area contributed by atoms with Crippen molar-refractivity contribution in [3.8, 4) is 5.75 Å². The third kappa shape index (κ3) is 2.42. The van der Waals surface area contributed by atoms with Crippen molar-refractivity contribution in [2.24, 2.45) is 5.92 Å². The quantitative estimate of drug-likeness (QED) is 0.745. The Morgan fingerprint density at radius 2 is 1.96 bits per heavy atom. The van der Waals surface area contributed by atoms with Crippen LogP contribution in [0, 0.1) is 5.92 Å². The minimum absolute atomic E-state index is 0.206. The van der Waals surface area contributed by atoms with Gasteiger partial charge in [-0.25, -0.2) is 0 Å². The number of halogens is 1. The molecule has 0 amide bonds. The first-order valence-electron chi connectivity index (χ1n) is 8.23. The molecule has 4 rings (SSSR count). The zero-order valence-corrected chi connectivity index (χ0v) is 13.9. The minimum Gasteiger partial charge on any atom is -0.492 e. The van der Waals surface area contributed by atoms with Crippen LogP contribution in [0.5, 0.6) is 5.75 Å². The number of nitrogens with one attached hydrogen (secondary N) is 1. The minimum atomic E-state index is 0.206. The van der Waals surface area contributed by atoms with E-state index in [4.69, 9.17) is 16.3 Å². The summed E-state index contributed by atoms with van der Waals surface area (Å²) in [6, 6.07) is 14.7. The second-order valence-electron chi connectivity index (χ2n) is 6.15. The van der Waals surface area contributed by atoms with Crippen LogP contribution >= 0.6 is 11.6 Å². The molecule has 0 saturated carbocycles. The molecule has 118 valence electrons. The van der Waals surface area contributed by atoms with E-state index in [0.29, 0.717) is 18.4 Å². The molecular formula is C20H20ClNO. The normalized spacial score (nSPS) is 24.7. The van der Waals surface area contributed by atoms with E-state index in [0.717, 1.165) is 22.9 Å². The fraction of sp³-hybridized carbons (Fsp3) is 0.300. The first-order valence-corrected chi connectivity index (χ1v) is 8.60. The first-order chi connectivity index (χ1) is 11.3. The average molecular weight is 326 g/mol. The fourth-order valence-electron chi connectivity index (χ4n) is 3.90. The maximum atomic E-state index is 6.48. The van der Waals surface area contributed by atoms with Crippen molar-refractivity contribution in [3.63, 3.8) is 0 Å². The van der Waals surface area contributed by atoms with E-state index in [-0.39, 0.29) is 6.04 Å². The molecule has 1 aliphatic carbocycles. The van der Waals surface area contributed by atoms with Crippen molar-refractivity contribution in [3.05, 3.63) is 70.8 Å². The zero-order valence-electron chi connectivity index (χ0n) is 13.1. The summed E-state index contributed by atoms with van der Waals surface area (Å²) in [4.78, 5) is 0. The van der Waals surface area contributed by atoms with E-state index >= 15 is 0 Å². The Morgan fingerprint density at radius 1 is 1.13 bits per heavy atom. The standard InChI is InChI=1S/C20H20ClNO/c1-2-23-18-12-6-10-15-13-8-5-9-14(13)19(22-20(15)18)16-7-3-4-11-17(16)21/h3-8,10-14,19,22H,2,9H2,1H3/t13-,14-,19-/m0/s1. The molecule has 0 saturated heterocycles. The van der Waals surface area contributed by atoms with Crippen molar-refractivity contribution in [1.29, 1.82) is 0 Å². The number of allylic oxidation sites excluding steroid dienone is 2. The van der Waals surface area contributed by atoms with Gasteiger partial charge in [-0.15, -0.1) is 0 Å². The monoisotopic (exact) mass is 325 g/mol. The molecule has 0 spiro atoms. The molecule has 2 nitrogen and oxygen atoms in total. The van der Waals surface area contributed by atoms with Crippen LogP contribution in [0.25, 0.3) is 0 Å². The molecule has 0 aromatic heterocycles. The Balaban J connectivity index is 1.82. The summed E-state index contributed by atoms with van der Waals surface area (Å²) < 4.78 is 5.85. The number of benzene rings is 2. The van der Waals surface area contributed by atoms with Crippen molar-refractivity contribution in [2.45, 2.75) is 25.3 Å². The molecule has 2 aliphatic rings. The molecule has 0 unspecified atom stereocenters. The molecule has 2 aromatic carbocycles. The highest BCUT2D eigenvalue weighted by Crippen LogP contribution is 2.52. The van der Waals surface area contributed by atoms with Gasteiger partial charge >= 0.3 is 0 Å². The summed E-state index contributed by atoms with van der Waals surface area (Å²) >= 11 is 6.48. The fourth-order valence-corrected chi connectivity index (χ4v) is 4.16. The zero-order chi connectivity index (χ0) is 15.8. The van der Waals surface area contributed by atoms with Gasteiger partial charge in [0.15, 0.2) is 0 Å². The number of hydrogen-bond donors (Lipinski definition) is 1. The molecule has 1 aliphatic heterocycles. The predicted octanol–water partition coefficient (Wildman–Crippen LogP) is 5.57. The third-order valence-electron chi connectivity index (χ3n) is 4.90. The van der Waals surface area contributed by atoms with E-state index in [1.807, 2.05) is 25.1 Å². The summed E-state index contributed by atoms with van der Waals surface area (Å²) in [5.74, 6) is 1.85. The van der Waals surface area contributed by atoms with Crippen LogP contribution in [0.3, 0.4) is 0 Å². The highest BCUT2D eigenvalue weighted by molar-refractivity contribution is 6.31. The Kier molecular flexibility index (Phi) is 3.78. The van der Waals surface area contributed by atoms with Crippen LogP contribution in [0.4, 0.5) is 5.69 Å². The van der Waals surface area contributed by atoms with E-state index in [2.05, 4.69) is 41.7 Å². The molecule has 2 aromatic rings. The Labute approximate surface area is 142 Å². The topological polar surface area (TPSA) is 21.3 Å². The largest absolute Gasteiger partial charge is 0.492 e. The van der Waals surface area contributed by atoms with Gasteiger partial charge in [0.2, 0.25) is 0 Å². The van der Waals surface area contributed by atoms with Crippen LogP contribution in [0.2, 0.25) is 5.02 Å². The van der Waals surface area contributed by atoms with Crippen molar-refractivity contribution in [2.75, 3.05) is 11.9 Å². The SMILES string of the molecule is CCOc1cccc2c1N[C@H](c1ccccc1Cl)[C@H]1CC=C[C@H]21. The van der Waals surface area contributed by atoms with Crippen LogP contribution < -0.4 is 10.1 Å². The van der Waals surface area contributed by atoms with Crippen LogP contribution in [-0.4, -0.2) is 6.61 Å². The maximum Gasteiger partial charge on any atom is 0.142 e. The smallest absolute Gasteiger partial charge is 0.142 e. The Hall–Kier alpha value is -1.93. The average Bonchev–Trinajstić information content (AvgIpc) is 3.05. The van der Waals surface area contributed by atoms with E-state index < -0.39 is 0 Å². The summed E-state index contributed by atoms with van der Waals surface area (Å²) in [6.07, 6.45) is 5.71. The number of fused-ring (bicyclic) bond motifs is 3. The lowest BCUT2D eigenvalue weighted by molar-refractivity contribution is 0.337. The highest BCUT2D eigenvalue weighted by atomic mass is 35.5. The molecule has 3 atom stereocenters. The van der Waals surface area contributed by atoms with Gasteiger partial charge in [-0.05, 0) is 42.5 Å². The van der Waals surface area contributed by atoms with E-state index in [1.54, 1.807) is 0 Å². The van der Waals surface area contributed by atoms with Gasteiger partial charge in [0.1, 0.15) is 5.75 Å². The number of para-hydroxylation sites is 1. The second kappa shape index (κ2) is 5.93. The molecule has 0 fully saturated rings. The lowest BCUT2D eigenvalue weighted by atomic mass is 9.77. The lowest BCUT2D eigenvalue weighted by Gasteiger charge is -2.38. The van der Waals surface area contributed by atoms with Crippen molar-refractivity contribution >= 4 is 17.3 Å². The summed E-state index contributed by atoms with van der Waals surface area (Å²) in [5, 5.41) is 4.56. The summed E-state index contributed by atoms with van der Waals surface area (Å²) in [5.41, 5.74) is 3.62. The number of ether oxygens (including phenoxy) is 1. The van der Waals surface area contributed by atoms with Crippen molar-refractivity contribution in [1.82, 2.24) is 0 Å². The summed E-state index contributed by atoms with van der Waals surface area (Å²) in [7, 11) is 0. The Bertz CT molecular complexity index is 755. The molecule has 3 heteroatoms. The van der Waals surface area contributed by atoms with Gasteiger partial charge in [0.25, 0.3) is 0 Å². The van der Waals surface area contributed by atoms with Crippen molar-refractivity contribution < 1.29 is 4.74 Å². The van der Waals surface area contributed by atoms with Gasteiger partial charge in [0.05, 0.1) is 18.3 Å². The third-order valence-corrected chi connectivity index (χ3v) is 5.24. The van der Waals surface area contributed by atoms with E-state index in [9.17, 15) is 0 Å². The molecule has 0 bridgehead atoms. The number of rotatable bonds is 3. The Morgan fingerprint density at radius 3 is 2.78 bits per heavy atom. The van der Waals surface area contributed by atoms with Crippen LogP contribution in [-0.2, 0) is 0 Å². The van der Waals surface area contributed by atoms with Gasteiger partial charge in [0, 0.05) is 10.9 Å². The summed E-state index contributed by atoms with van der Waals surface area (Å²) in [6.45, 7) is 2.69. The van der Waals surface area contributed by atoms with Gasteiger partial charge in [-0.3, -0.25) is 0 Å². The molecule has 23 heavy (non-hydrogen) atoms. The van der Waals surface area contributed by atoms with Gasteiger partial charge < -0.3 is 10.1 Å².